The molecule has 0 aromatic carbocycles. The summed E-state index contributed by atoms with van der Waals surface area (Å²) in [6, 6.07) is -0.267. The smallest absolute Gasteiger partial charge is 0.414 e. The summed E-state index contributed by atoms with van der Waals surface area (Å²) in [7, 11) is 4.08. The summed E-state index contributed by atoms with van der Waals surface area (Å²) in [5.41, 5.74) is 0. The quantitative estimate of drug-likeness (QED) is 0.318. The van der Waals surface area contributed by atoms with Crippen molar-refractivity contribution < 1.29 is 29.1 Å². The van der Waals surface area contributed by atoms with Crippen molar-refractivity contribution in [3.05, 3.63) is 0 Å². The van der Waals surface area contributed by atoms with Gasteiger partial charge in [-0.25, -0.2) is 9.86 Å². The number of carbonyl (C=O) groups is 4. The first-order valence-corrected chi connectivity index (χ1v) is 12.2. The van der Waals surface area contributed by atoms with Gasteiger partial charge < -0.3 is 14.5 Å². The maximum Gasteiger partial charge on any atom is 0.414 e. The number of carbonyl (C=O) groups excluding carboxylic acids is 4. The molecule has 0 bridgehead atoms. The van der Waals surface area contributed by atoms with Gasteiger partial charge in [-0.2, -0.15) is 0 Å². The van der Waals surface area contributed by atoms with E-state index in [2.05, 4.69) is 10.2 Å². The Morgan fingerprint density at radius 1 is 1.06 bits per heavy atom. The first kappa shape index (κ1) is 25.4. The lowest BCUT2D eigenvalue weighted by molar-refractivity contribution is -0.159. The predicted molar refractivity (Wildman–Crippen MR) is 119 cm³/mol. The first-order chi connectivity index (χ1) is 15.8. The molecule has 186 valence electrons. The van der Waals surface area contributed by atoms with E-state index in [0.29, 0.717) is 36.9 Å². The van der Waals surface area contributed by atoms with Crippen molar-refractivity contribution in [3.8, 4) is 0 Å². The van der Waals surface area contributed by atoms with E-state index in [9.17, 15) is 24.4 Å². The molecule has 2 N–H and O–H groups in total. The number of hydrogen-bond acceptors (Lipinski definition) is 7. The van der Waals surface area contributed by atoms with Gasteiger partial charge in [0.1, 0.15) is 12.1 Å². The number of likely N-dealkylation sites (tertiary alicyclic amines) is 1. The molecule has 3 aliphatic rings. The maximum absolute atomic E-state index is 13.4. The molecule has 10 heteroatoms. The monoisotopic (exact) mass is 466 g/mol. The number of ether oxygens (including phenoxy) is 1. The van der Waals surface area contributed by atoms with E-state index >= 15 is 0 Å². The van der Waals surface area contributed by atoms with Gasteiger partial charge in [-0.15, -0.1) is 0 Å². The van der Waals surface area contributed by atoms with Crippen LogP contribution in [0.3, 0.4) is 0 Å². The van der Waals surface area contributed by atoms with Crippen molar-refractivity contribution in [1.82, 2.24) is 20.2 Å². The van der Waals surface area contributed by atoms with Crippen LogP contribution in [0.2, 0.25) is 0 Å². The second kappa shape index (κ2) is 11.8. The van der Waals surface area contributed by atoms with Crippen LogP contribution in [0, 0.1) is 11.8 Å². The van der Waals surface area contributed by atoms with Crippen LogP contribution >= 0.6 is 0 Å². The fourth-order valence-corrected chi connectivity index (χ4v) is 5.59. The molecule has 0 radical (unpaired) electrons. The number of hydroxylamine groups is 2. The molecule has 2 atom stereocenters. The Kier molecular flexibility index (Phi) is 9.08. The number of imide groups is 1. The Labute approximate surface area is 195 Å². The Morgan fingerprint density at radius 3 is 2.33 bits per heavy atom. The fourth-order valence-electron chi connectivity index (χ4n) is 5.59. The van der Waals surface area contributed by atoms with Crippen LogP contribution in [0.4, 0.5) is 4.79 Å². The molecule has 3 fully saturated rings. The van der Waals surface area contributed by atoms with Gasteiger partial charge in [0.25, 0.3) is 5.91 Å². The third-order valence-corrected chi connectivity index (χ3v) is 7.50. The Morgan fingerprint density at radius 2 is 1.73 bits per heavy atom. The molecule has 33 heavy (non-hydrogen) atoms. The van der Waals surface area contributed by atoms with Crippen molar-refractivity contribution >= 4 is 24.3 Å². The molecule has 2 saturated carbocycles. The van der Waals surface area contributed by atoms with Crippen LogP contribution in [0.25, 0.3) is 0 Å². The molecule has 10 nitrogen and oxygen atoms in total. The second-order valence-corrected chi connectivity index (χ2v) is 9.86. The minimum absolute atomic E-state index is 0.0682. The van der Waals surface area contributed by atoms with Crippen molar-refractivity contribution in [2.45, 2.75) is 82.4 Å². The zero-order valence-corrected chi connectivity index (χ0v) is 19.8. The van der Waals surface area contributed by atoms with Crippen molar-refractivity contribution in [3.63, 3.8) is 0 Å². The molecule has 1 unspecified atom stereocenters. The molecule has 1 aliphatic heterocycles. The number of rotatable bonds is 8. The SMILES string of the molecule is CN(C)[C@H]1CC[C@H](OC(=O)NC(=O)[C@@H]2CCCN2C(=O)C(CN(O)C=O)C2CCCC2)CC1. The molecular formula is C23H38N4O6. The molecule has 4 amide bonds. The molecule has 0 aromatic rings. The number of amides is 4. The highest BCUT2D eigenvalue weighted by atomic mass is 16.6. The lowest BCUT2D eigenvalue weighted by atomic mass is 9.89. The van der Waals surface area contributed by atoms with Gasteiger partial charge in [0.15, 0.2) is 0 Å². The van der Waals surface area contributed by atoms with Crippen LogP contribution in [-0.4, -0.2) is 89.8 Å². The van der Waals surface area contributed by atoms with Crippen molar-refractivity contribution in [1.29, 1.82) is 0 Å². The zero-order chi connectivity index (χ0) is 24.0. The lowest BCUT2D eigenvalue weighted by Gasteiger charge is -2.33. The summed E-state index contributed by atoms with van der Waals surface area (Å²) < 4.78 is 5.47. The van der Waals surface area contributed by atoms with Gasteiger partial charge in [0, 0.05) is 12.6 Å². The van der Waals surface area contributed by atoms with Gasteiger partial charge in [-0.1, -0.05) is 12.8 Å². The summed E-state index contributed by atoms with van der Waals surface area (Å²) in [5, 5.41) is 12.6. The van der Waals surface area contributed by atoms with Gasteiger partial charge in [0.05, 0.1) is 12.5 Å². The summed E-state index contributed by atoms with van der Waals surface area (Å²) in [6.45, 7) is 0.325. The summed E-state index contributed by atoms with van der Waals surface area (Å²) in [4.78, 5) is 53.2. The third kappa shape index (κ3) is 6.66. The largest absolute Gasteiger partial charge is 0.446 e. The van der Waals surface area contributed by atoms with Crippen LogP contribution in [0.5, 0.6) is 0 Å². The predicted octanol–water partition coefficient (Wildman–Crippen LogP) is 1.76. The minimum Gasteiger partial charge on any atom is -0.446 e. The van der Waals surface area contributed by atoms with Gasteiger partial charge in [0.2, 0.25) is 12.3 Å². The average molecular weight is 467 g/mol. The fraction of sp³-hybridized carbons (Fsp3) is 0.826. The minimum atomic E-state index is -0.762. The molecule has 0 aromatic heterocycles. The van der Waals surface area contributed by atoms with Crippen molar-refractivity contribution in [2.24, 2.45) is 11.8 Å². The highest BCUT2D eigenvalue weighted by Crippen LogP contribution is 2.34. The lowest BCUT2D eigenvalue weighted by Crippen LogP contribution is -2.51. The number of nitrogens with zero attached hydrogens (tertiary/aromatic N) is 3. The molecule has 0 spiro atoms. The number of alkyl carbamates (subject to hydrolysis) is 1. The van der Waals surface area contributed by atoms with Crippen LogP contribution in [0.1, 0.15) is 64.2 Å². The normalized spacial score (nSPS) is 26.8. The molecule has 3 rings (SSSR count). The van der Waals surface area contributed by atoms with Gasteiger partial charge in [-0.3, -0.25) is 24.9 Å². The molecule has 1 heterocycles. The maximum atomic E-state index is 13.4. The summed E-state index contributed by atoms with van der Waals surface area (Å²) in [5.74, 6) is -1.27. The van der Waals surface area contributed by atoms with Gasteiger partial charge in [-0.05, 0) is 71.4 Å². The van der Waals surface area contributed by atoms with E-state index in [4.69, 9.17) is 4.74 Å². The van der Waals surface area contributed by atoms with E-state index in [1.807, 2.05) is 14.1 Å². The average Bonchev–Trinajstić information content (AvgIpc) is 3.49. The van der Waals surface area contributed by atoms with Crippen LogP contribution < -0.4 is 5.32 Å². The van der Waals surface area contributed by atoms with Crippen molar-refractivity contribution in [2.75, 3.05) is 27.2 Å². The summed E-state index contributed by atoms with van der Waals surface area (Å²) >= 11 is 0. The van der Waals surface area contributed by atoms with E-state index in [-0.39, 0.29) is 24.5 Å². The molecule has 2 aliphatic carbocycles. The second-order valence-electron chi connectivity index (χ2n) is 9.86. The molecular weight excluding hydrogens is 428 g/mol. The van der Waals surface area contributed by atoms with E-state index in [1.54, 1.807) is 0 Å². The topological polar surface area (TPSA) is 119 Å². The van der Waals surface area contributed by atoms with Crippen LogP contribution in [-0.2, 0) is 19.1 Å². The van der Waals surface area contributed by atoms with E-state index in [0.717, 1.165) is 51.4 Å². The number of nitrogens with one attached hydrogen (secondary N) is 1. The molecule has 1 saturated heterocycles. The first-order valence-electron chi connectivity index (χ1n) is 12.2. The number of hydrogen-bond donors (Lipinski definition) is 2. The van der Waals surface area contributed by atoms with Gasteiger partial charge >= 0.3 is 6.09 Å². The standard InChI is InChI=1S/C23H38N4O6/c1-25(2)17-9-11-18(12-10-17)33-23(31)24-21(29)20-8-5-13-27(20)22(30)19(14-26(32)15-28)16-6-3-4-7-16/h15-20,32H,3-14H2,1-2H3,(H,24,29,31)/t17-,18-,19?,20-/m0/s1. The summed E-state index contributed by atoms with van der Waals surface area (Å²) in [6.07, 6.45) is 7.57. The Hall–Kier alpha value is -2.20. The highest BCUT2D eigenvalue weighted by molar-refractivity contribution is 5.97. The third-order valence-electron chi connectivity index (χ3n) is 7.50. The van der Waals surface area contributed by atoms with E-state index < -0.39 is 24.0 Å². The Bertz CT molecular complexity index is 703. The van der Waals surface area contributed by atoms with Crippen LogP contribution in [0.15, 0.2) is 0 Å². The highest BCUT2D eigenvalue weighted by Gasteiger charge is 2.41. The van der Waals surface area contributed by atoms with E-state index in [1.165, 1.54) is 4.90 Å². The Balaban J connectivity index is 1.55. The zero-order valence-electron chi connectivity index (χ0n) is 19.8.